The van der Waals surface area contributed by atoms with Crippen LogP contribution in [0.3, 0.4) is 0 Å². The van der Waals surface area contributed by atoms with Crippen LogP contribution in [0, 0.1) is 11.7 Å². The Morgan fingerprint density at radius 2 is 2.00 bits per heavy atom. The Bertz CT molecular complexity index is 325. The van der Waals surface area contributed by atoms with Gasteiger partial charge in [0.2, 0.25) is 0 Å². The molecule has 1 aliphatic heterocycles. The first-order valence-electron chi connectivity index (χ1n) is 5.25. The van der Waals surface area contributed by atoms with E-state index in [0.717, 1.165) is 18.7 Å². The summed E-state index contributed by atoms with van der Waals surface area (Å²) in [5.41, 5.74) is 1.12. The summed E-state index contributed by atoms with van der Waals surface area (Å²) in [5, 5.41) is 9.27. The third-order valence-electron chi connectivity index (χ3n) is 3.16. The van der Waals surface area contributed by atoms with Gasteiger partial charge in [-0.25, -0.2) is 4.39 Å². The van der Waals surface area contributed by atoms with E-state index in [1.807, 2.05) is 19.2 Å². The van der Waals surface area contributed by atoms with E-state index in [0.29, 0.717) is 5.92 Å². The van der Waals surface area contributed by atoms with Gasteiger partial charge in [-0.3, -0.25) is 0 Å². The van der Waals surface area contributed by atoms with Crippen molar-refractivity contribution in [2.45, 2.75) is 5.92 Å². The zero-order valence-corrected chi connectivity index (χ0v) is 8.86. The minimum Gasteiger partial charge on any atom is -0.396 e. The maximum absolute atomic E-state index is 12.8. The Labute approximate surface area is 89.3 Å². The fourth-order valence-electron chi connectivity index (χ4n) is 2.36. The molecule has 1 saturated heterocycles. The van der Waals surface area contributed by atoms with Crippen molar-refractivity contribution in [1.82, 2.24) is 4.90 Å². The van der Waals surface area contributed by atoms with Gasteiger partial charge in [0.15, 0.2) is 0 Å². The van der Waals surface area contributed by atoms with Crippen molar-refractivity contribution >= 4 is 0 Å². The van der Waals surface area contributed by atoms with Crippen LogP contribution in [0.1, 0.15) is 11.5 Å². The first-order chi connectivity index (χ1) is 7.20. The van der Waals surface area contributed by atoms with E-state index in [9.17, 15) is 9.50 Å². The van der Waals surface area contributed by atoms with Crippen LogP contribution in [-0.4, -0.2) is 36.8 Å². The lowest BCUT2D eigenvalue weighted by Gasteiger charge is -2.16. The number of hydrogen-bond donors (Lipinski definition) is 1. The molecular formula is C12H16FNO. The van der Waals surface area contributed by atoms with Crippen molar-refractivity contribution in [3.05, 3.63) is 35.6 Å². The second-order valence-electron chi connectivity index (χ2n) is 4.32. The highest BCUT2D eigenvalue weighted by Gasteiger charge is 2.31. The molecule has 2 atom stereocenters. The highest BCUT2D eigenvalue weighted by atomic mass is 19.1. The van der Waals surface area contributed by atoms with Gasteiger partial charge < -0.3 is 10.0 Å². The lowest BCUT2D eigenvalue weighted by atomic mass is 9.89. The lowest BCUT2D eigenvalue weighted by molar-refractivity contribution is 0.219. The number of hydrogen-bond acceptors (Lipinski definition) is 2. The van der Waals surface area contributed by atoms with E-state index in [2.05, 4.69) is 4.90 Å². The van der Waals surface area contributed by atoms with Gasteiger partial charge in [0.1, 0.15) is 5.82 Å². The predicted molar refractivity (Wildman–Crippen MR) is 57.2 cm³/mol. The summed E-state index contributed by atoms with van der Waals surface area (Å²) in [4.78, 5) is 2.20. The summed E-state index contributed by atoms with van der Waals surface area (Å²) < 4.78 is 12.8. The molecule has 0 unspecified atom stereocenters. The zero-order chi connectivity index (χ0) is 10.8. The van der Waals surface area contributed by atoms with Crippen LogP contribution in [0.2, 0.25) is 0 Å². The molecule has 82 valence electrons. The smallest absolute Gasteiger partial charge is 0.123 e. The SMILES string of the molecule is CN1C[C@@H](CO)[C@@H](c2ccc(F)cc2)C1. The maximum Gasteiger partial charge on any atom is 0.123 e. The molecule has 0 radical (unpaired) electrons. The molecule has 15 heavy (non-hydrogen) atoms. The molecule has 1 fully saturated rings. The third kappa shape index (κ3) is 2.19. The number of rotatable bonds is 2. The normalized spacial score (nSPS) is 27.1. The molecule has 1 N–H and O–H groups in total. The number of nitrogens with zero attached hydrogens (tertiary/aromatic N) is 1. The minimum atomic E-state index is -0.203. The average Bonchev–Trinajstić information content (AvgIpc) is 2.61. The first-order valence-corrected chi connectivity index (χ1v) is 5.25. The van der Waals surface area contributed by atoms with E-state index >= 15 is 0 Å². The van der Waals surface area contributed by atoms with Gasteiger partial charge >= 0.3 is 0 Å². The van der Waals surface area contributed by atoms with Crippen LogP contribution in [0.15, 0.2) is 24.3 Å². The van der Waals surface area contributed by atoms with E-state index in [1.54, 1.807) is 0 Å². The molecule has 0 aromatic heterocycles. The van der Waals surface area contributed by atoms with Gasteiger partial charge in [-0.05, 0) is 24.7 Å². The van der Waals surface area contributed by atoms with Gasteiger partial charge in [-0.1, -0.05) is 12.1 Å². The average molecular weight is 209 g/mol. The van der Waals surface area contributed by atoms with Crippen LogP contribution in [-0.2, 0) is 0 Å². The number of aliphatic hydroxyl groups excluding tert-OH is 1. The molecule has 0 bridgehead atoms. The maximum atomic E-state index is 12.8. The summed E-state index contributed by atoms with van der Waals surface area (Å²) in [6, 6.07) is 6.62. The standard InChI is InChI=1S/C12H16FNO/c1-14-6-10(8-15)12(7-14)9-2-4-11(13)5-3-9/h2-5,10,12,15H,6-8H2,1H3/t10-,12+/m0/s1. The van der Waals surface area contributed by atoms with Crippen molar-refractivity contribution < 1.29 is 9.50 Å². The summed E-state index contributed by atoms with van der Waals surface area (Å²) in [6.07, 6.45) is 0. The number of likely N-dealkylation sites (N-methyl/N-ethyl adjacent to an activating group) is 1. The van der Waals surface area contributed by atoms with E-state index in [4.69, 9.17) is 0 Å². The molecule has 0 aliphatic carbocycles. The zero-order valence-electron chi connectivity index (χ0n) is 8.86. The molecule has 3 heteroatoms. The number of aliphatic hydroxyl groups is 1. The Balaban J connectivity index is 2.19. The second kappa shape index (κ2) is 4.29. The second-order valence-corrected chi connectivity index (χ2v) is 4.32. The van der Waals surface area contributed by atoms with Gasteiger partial charge in [0, 0.05) is 31.5 Å². The van der Waals surface area contributed by atoms with Crippen molar-refractivity contribution in [1.29, 1.82) is 0 Å². The molecule has 2 nitrogen and oxygen atoms in total. The molecule has 2 rings (SSSR count). The minimum absolute atomic E-state index is 0.201. The monoisotopic (exact) mass is 209 g/mol. The van der Waals surface area contributed by atoms with Gasteiger partial charge in [-0.2, -0.15) is 0 Å². The van der Waals surface area contributed by atoms with Crippen LogP contribution >= 0.6 is 0 Å². The lowest BCUT2D eigenvalue weighted by Crippen LogP contribution is -2.15. The first kappa shape index (κ1) is 10.6. The van der Waals surface area contributed by atoms with Crippen molar-refractivity contribution in [2.75, 3.05) is 26.7 Å². The number of benzene rings is 1. The highest BCUT2D eigenvalue weighted by molar-refractivity contribution is 5.23. The van der Waals surface area contributed by atoms with E-state index in [1.165, 1.54) is 12.1 Å². The summed E-state index contributed by atoms with van der Waals surface area (Å²) >= 11 is 0. The molecule has 0 amide bonds. The molecule has 1 aromatic carbocycles. The van der Waals surface area contributed by atoms with Crippen LogP contribution in [0.25, 0.3) is 0 Å². The molecule has 1 aromatic rings. The Morgan fingerprint density at radius 1 is 1.33 bits per heavy atom. The van der Waals surface area contributed by atoms with Gasteiger partial charge in [0.05, 0.1) is 0 Å². The van der Waals surface area contributed by atoms with Gasteiger partial charge in [0.25, 0.3) is 0 Å². The Kier molecular flexibility index (Phi) is 3.03. The number of likely N-dealkylation sites (tertiary alicyclic amines) is 1. The molecule has 0 spiro atoms. The third-order valence-corrected chi connectivity index (χ3v) is 3.16. The highest BCUT2D eigenvalue weighted by Crippen LogP contribution is 2.31. The number of halogens is 1. The Hall–Kier alpha value is -0.930. The van der Waals surface area contributed by atoms with Crippen LogP contribution in [0.5, 0.6) is 0 Å². The fraction of sp³-hybridized carbons (Fsp3) is 0.500. The quantitative estimate of drug-likeness (QED) is 0.797. The van der Waals surface area contributed by atoms with E-state index in [-0.39, 0.29) is 18.3 Å². The largest absolute Gasteiger partial charge is 0.396 e. The van der Waals surface area contributed by atoms with Crippen LogP contribution in [0.4, 0.5) is 4.39 Å². The Morgan fingerprint density at radius 3 is 2.60 bits per heavy atom. The van der Waals surface area contributed by atoms with Crippen molar-refractivity contribution in [2.24, 2.45) is 5.92 Å². The molecule has 1 heterocycles. The molecule has 1 aliphatic rings. The summed E-state index contributed by atoms with van der Waals surface area (Å²) in [6.45, 7) is 2.06. The van der Waals surface area contributed by atoms with Crippen molar-refractivity contribution in [3.63, 3.8) is 0 Å². The molecule has 0 saturated carbocycles. The summed E-state index contributed by atoms with van der Waals surface area (Å²) in [7, 11) is 2.05. The van der Waals surface area contributed by atoms with E-state index < -0.39 is 0 Å². The van der Waals surface area contributed by atoms with Gasteiger partial charge in [-0.15, -0.1) is 0 Å². The predicted octanol–water partition coefficient (Wildman–Crippen LogP) is 1.46. The van der Waals surface area contributed by atoms with Crippen molar-refractivity contribution in [3.8, 4) is 0 Å². The fourth-order valence-corrected chi connectivity index (χ4v) is 2.36. The molecular weight excluding hydrogens is 193 g/mol. The topological polar surface area (TPSA) is 23.5 Å². The van der Waals surface area contributed by atoms with Crippen LogP contribution < -0.4 is 0 Å². The summed E-state index contributed by atoms with van der Waals surface area (Å²) in [5.74, 6) is 0.409.